The number of nitrogens with zero attached hydrogens (tertiary/aromatic N) is 3. The Kier molecular flexibility index (Phi) is 5.99. The largest absolute Gasteiger partial charge is 0.418 e. The van der Waals surface area contributed by atoms with E-state index in [0.717, 1.165) is 6.07 Å². The number of morpholine rings is 1. The van der Waals surface area contributed by atoms with E-state index in [1.165, 1.54) is 0 Å². The van der Waals surface area contributed by atoms with Gasteiger partial charge in [-0.25, -0.2) is 0 Å². The average Bonchev–Trinajstić information content (AvgIpc) is 2.66. The second-order valence-electron chi connectivity index (χ2n) is 6.80. The summed E-state index contributed by atoms with van der Waals surface area (Å²) in [6.45, 7) is 2.49. The van der Waals surface area contributed by atoms with Gasteiger partial charge in [-0.3, -0.25) is 14.9 Å². The molecule has 7 nitrogen and oxygen atoms in total. The Morgan fingerprint density at radius 2 is 1.93 bits per heavy atom. The lowest BCUT2D eigenvalue weighted by Crippen LogP contribution is -2.48. The standard InChI is InChI=1S/C17H19ClF3N3O4/c18-13-9-14(15(24(26)27)8-12(13)17(19,20)21)23-3-1-2-11(10-23)16(25)22-4-6-28-7-5-22/h8-9,11H,1-7,10H2. The van der Waals surface area contributed by atoms with Crippen molar-refractivity contribution < 1.29 is 27.6 Å². The highest BCUT2D eigenvalue weighted by Gasteiger charge is 2.38. The Morgan fingerprint density at radius 1 is 1.25 bits per heavy atom. The van der Waals surface area contributed by atoms with Crippen LogP contribution in [0, 0.1) is 16.0 Å². The first-order valence-corrected chi connectivity index (χ1v) is 9.23. The zero-order chi connectivity index (χ0) is 20.5. The molecule has 0 saturated carbocycles. The molecule has 2 saturated heterocycles. The van der Waals surface area contributed by atoms with Gasteiger partial charge in [0.15, 0.2) is 0 Å². The Balaban J connectivity index is 1.86. The molecule has 2 heterocycles. The molecule has 28 heavy (non-hydrogen) atoms. The molecule has 154 valence electrons. The number of amides is 1. The normalized spacial score (nSPS) is 20.9. The molecule has 3 rings (SSSR count). The first-order chi connectivity index (χ1) is 13.2. The Labute approximate surface area is 164 Å². The lowest BCUT2D eigenvalue weighted by atomic mass is 9.95. The van der Waals surface area contributed by atoms with Crippen LogP contribution in [-0.2, 0) is 15.7 Å². The van der Waals surface area contributed by atoms with Gasteiger partial charge in [0, 0.05) is 32.2 Å². The third-order valence-electron chi connectivity index (χ3n) is 5.00. The van der Waals surface area contributed by atoms with Crippen LogP contribution in [0.1, 0.15) is 18.4 Å². The molecule has 2 fully saturated rings. The molecule has 0 radical (unpaired) electrons. The second kappa shape index (κ2) is 8.12. The molecule has 1 aromatic carbocycles. The number of carbonyl (C=O) groups excluding carboxylic acids is 1. The van der Waals surface area contributed by atoms with E-state index in [1.54, 1.807) is 9.80 Å². The van der Waals surface area contributed by atoms with E-state index in [1.807, 2.05) is 0 Å². The predicted molar refractivity (Wildman–Crippen MR) is 95.4 cm³/mol. The van der Waals surface area contributed by atoms with E-state index in [-0.39, 0.29) is 24.1 Å². The number of hydrogen-bond acceptors (Lipinski definition) is 5. The summed E-state index contributed by atoms with van der Waals surface area (Å²) >= 11 is 5.77. The third kappa shape index (κ3) is 4.33. The molecule has 1 unspecified atom stereocenters. The van der Waals surface area contributed by atoms with Gasteiger partial charge in [-0.2, -0.15) is 13.2 Å². The minimum atomic E-state index is -4.79. The molecule has 11 heteroatoms. The van der Waals surface area contributed by atoms with Crippen molar-refractivity contribution in [2.24, 2.45) is 5.92 Å². The number of hydrogen-bond donors (Lipinski definition) is 0. The van der Waals surface area contributed by atoms with Gasteiger partial charge in [-0.05, 0) is 18.9 Å². The number of nitro groups is 1. The second-order valence-corrected chi connectivity index (χ2v) is 7.21. The van der Waals surface area contributed by atoms with Gasteiger partial charge in [-0.15, -0.1) is 0 Å². The van der Waals surface area contributed by atoms with Gasteiger partial charge >= 0.3 is 6.18 Å². The van der Waals surface area contributed by atoms with Crippen molar-refractivity contribution in [2.75, 3.05) is 44.3 Å². The van der Waals surface area contributed by atoms with Crippen LogP contribution in [-0.4, -0.2) is 55.1 Å². The highest BCUT2D eigenvalue weighted by Crippen LogP contribution is 2.42. The fourth-order valence-electron chi connectivity index (χ4n) is 3.61. The van der Waals surface area contributed by atoms with E-state index >= 15 is 0 Å². The molecule has 0 bridgehead atoms. The minimum Gasteiger partial charge on any atom is -0.378 e. The smallest absolute Gasteiger partial charge is 0.378 e. The topological polar surface area (TPSA) is 75.9 Å². The number of nitro benzene ring substituents is 1. The molecule has 1 amide bonds. The predicted octanol–water partition coefficient (Wildman–Crippen LogP) is 3.34. The number of rotatable bonds is 3. The van der Waals surface area contributed by atoms with Crippen LogP contribution in [0.4, 0.5) is 24.5 Å². The van der Waals surface area contributed by atoms with Gasteiger partial charge in [0.05, 0.1) is 34.6 Å². The molecule has 0 spiro atoms. The number of carbonyl (C=O) groups is 1. The van der Waals surface area contributed by atoms with E-state index in [2.05, 4.69) is 0 Å². The van der Waals surface area contributed by atoms with Gasteiger partial charge in [-0.1, -0.05) is 11.6 Å². The maximum atomic E-state index is 13.1. The highest BCUT2D eigenvalue weighted by molar-refractivity contribution is 6.31. The monoisotopic (exact) mass is 421 g/mol. The molecule has 0 aliphatic carbocycles. The van der Waals surface area contributed by atoms with E-state index < -0.39 is 27.4 Å². The van der Waals surface area contributed by atoms with Crippen LogP contribution in [0.3, 0.4) is 0 Å². The number of alkyl halides is 3. The summed E-state index contributed by atoms with van der Waals surface area (Å²) in [6.07, 6.45) is -3.58. The molecular weight excluding hydrogens is 403 g/mol. The fraction of sp³-hybridized carbons (Fsp3) is 0.588. The minimum absolute atomic E-state index is 0.00229. The van der Waals surface area contributed by atoms with Crippen LogP contribution < -0.4 is 4.90 Å². The van der Waals surface area contributed by atoms with E-state index in [4.69, 9.17) is 16.3 Å². The third-order valence-corrected chi connectivity index (χ3v) is 5.31. The number of halogens is 4. The van der Waals surface area contributed by atoms with Crippen molar-refractivity contribution in [2.45, 2.75) is 19.0 Å². The fourth-order valence-corrected chi connectivity index (χ4v) is 3.87. The van der Waals surface area contributed by atoms with Crippen molar-refractivity contribution in [3.8, 4) is 0 Å². The van der Waals surface area contributed by atoms with Crippen LogP contribution in [0.25, 0.3) is 0 Å². The van der Waals surface area contributed by atoms with Crippen LogP contribution >= 0.6 is 11.6 Å². The highest BCUT2D eigenvalue weighted by atomic mass is 35.5. The Morgan fingerprint density at radius 3 is 2.54 bits per heavy atom. The summed E-state index contributed by atoms with van der Waals surface area (Å²) in [5.41, 5.74) is -1.92. The van der Waals surface area contributed by atoms with Crippen LogP contribution in [0.15, 0.2) is 12.1 Å². The van der Waals surface area contributed by atoms with Crippen molar-refractivity contribution in [1.82, 2.24) is 4.90 Å². The molecular formula is C17H19ClF3N3O4. The van der Waals surface area contributed by atoms with Gasteiger partial charge in [0.25, 0.3) is 5.69 Å². The van der Waals surface area contributed by atoms with Crippen molar-refractivity contribution in [1.29, 1.82) is 0 Å². The lowest BCUT2D eigenvalue weighted by Gasteiger charge is -2.37. The zero-order valence-corrected chi connectivity index (χ0v) is 15.6. The Hall–Kier alpha value is -2.07. The van der Waals surface area contributed by atoms with E-state index in [0.29, 0.717) is 51.8 Å². The first-order valence-electron chi connectivity index (χ1n) is 8.85. The summed E-state index contributed by atoms with van der Waals surface area (Å²) in [6, 6.07) is 1.44. The molecule has 0 N–H and O–H groups in total. The van der Waals surface area contributed by atoms with Crippen molar-refractivity contribution >= 4 is 28.9 Å². The number of ether oxygens (including phenoxy) is 1. The maximum Gasteiger partial charge on any atom is 0.418 e. The lowest BCUT2D eigenvalue weighted by molar-refractivity contribution is -0.384. The molecule has 1 atom stereocenters. The number of piperidine rings is 1. The SMILES string of the molecule is O=C(C1CCCN(c2cc(Cl)c(C(F)(F)F)cc2[N+](=O)[O-])C1)N1CCOCC1. The number of benzene rings is 1. The van der Waals surface area contributed by atoms with Crippen molar-refractivity contribution in [3.05, 3.63) is 32.8 Å². The van der Waals surface area contributed by atoms with Gasteiger partial charge in [0.2, 0.25) is 5.91 Å². The molecule has 2 aliphatic heterocycles. The summed E-state index contributed by atoms with van der Waals surface area (Å²) in [4.78, 5) is 26.6. The first kappa shape index (κ1) is 20.7. The summed E-state index contributed by atoms with van der Waals surface area (Å²) in [5.74, 6) is -0.443. The van der Waals surface area contributed by atoms with Gasteiger partial charge < -0.3 is 14.5 Å². The summed E-state index contributed by atoms with van der Waals surface area (Å²) in [5, 5.41) is 10.8. The Bertz CT molecular complexity index is 769. The van der Waals surface area contributed by atoms with Crippen molar-refractivity contribution in [3.63, 3.8) is 0 Å². The number of anilines is 1. The zero-order valence-electron chi connectivity index (χ0n) is 14.9. The summed E-state index contributed by atoms with van der Waals surface area (Å²) in [7, 11) is 0. The molecule has 1 aromatic rings. The molecule has 2 aliphatic rings. The van der Waals surface area contributed by atoms with Crippen LogP contribution in [0.2, 0.25) is 5.02 Å². The maximum absolute atomic E-state index is 13.1. The van der Waals surface area contributed by atoms with E-state index in [9.17, 15) is 28.1 Å². The average molecular weight is 422 g/mol. The molecule has 0 aromatic heterocycles. The van der Waals surface area contributed by atoms with Crippen LogP contribution in [0.5, 0.6) is 0 Å². The summed E-state index contributed by atoms with van der Waals surface area (Å²) < 4.78 is 44.4. The van der Waals surface area contributed by atoms with Gasteiger partial charge in [0.1, 0.15) is 5.69 Å². The quantitative estimate of drug-likeness (QED) is 0.552.